The van der Waals surface area contributed by atoms with Gasteiger partial charge in [-0.1, -0.05) is 35.9 Å². The van der Waals surface area contributed by atoms with Crippen molar-refractivity contribution in [3.8, 4) is 11.5 Å². The number of Topliss-reactive ketones (excluding diaryl/α,β-unsaturated/α-hetero) is 1. The molecule has 0 unspecified atom stereocenters. The number of methoxy groups -OCH3 is 1. The van der Waals surface area contributed by atoms with Crippen molar-refractivity contribution >= 4 is 23.5 Å². The first-order valence-electron chi connectivity index (χ1n) is 7.87. The summed E-state index contributed by atoms with van der Waals surface area (Å²) in [6.07, 6.45) is 2.50. The van der Waals surface area contributed by atoms with Crippen LogP contribution in [0.15, 0.2) is 42.0 Å². The van der Waals surface area contributed by atoms with Crippen molar-refractivity contribution in [3.05, 3.63) is 63.7 Å². The average molecular weight is 343 g/mol. The van der Waals surface area contributed by atoms with Crippen LogP contribution in [-0.4, -0.2) is 19.0 Å². The van der Waals surface area contributed by atoms with Gasteiger partial charge < -0.3 is 9.47 Å². The second-order valence-corrected chi connectivity index (χ2v) is 6.44. The summed E-state index contributed by atoms with van der Waals surface area (Å²) in [7, 11) is 1.58. The van der Waals surface area contributed by atoms with E-state index in [2.05, 4.69) is 0 Å². The molecule has 2 aromatic rings. The Balaban J connectivity index is 1.97. The largest absolute Gasteiger partial charge is 0.493 e. The maximum atomic E-state index is 12.5. The van der Waals surface area contributed by atoms with Crippen LogP contribution in [0.25, 0.3) is 6.08 Å². The summed E-state index contributed by atoms with van der Waals surface area (Å²) in [6.45, 7) is 3.86. The monoisotopic (exact) mass is 342 g/mol. The summed E-state index contributed by atoms with van der Waals surface area (Å²) >= 11 is 6.35. The molecule has 24 heavy (non-hydrogen) atoms. The molecule has 0 fully saturated rings. The average Bonchev–Trinajstić information content (AvgIpc) is 2.86. The number of ketones is 1. The number of carbonyl (C=O) groups excluding carboxylic acids is 1. The van der Waals surface area contributed by atoms with Gasteiger partial charge in [-0.25, -0.2) is 0 Å². The predicted molar refractivity (Wildman–Crippen MR) is 96.2 cm³/mol. The number of hydrogen-bond donors (Lipinski definition) is 0. The third-order valence-electron chi connectivity index (χ3n) is 3.88. The molecular weight excluding hydrogens is 324 g/mol. The van der Waals surface area contributed by atoms with Gasteiger partial charge in [0.15, 0.2) is 17.3 Å². The van der Waals surface area contributed by atoms with E-state index in [0.29, 0.717) is 22.9 Å². The van der Waals surface area contributed by atoms with Crippen LogP contribution in [0.5, 0.6) is 11.5 Å². The van der Waals surface area contributed by atoms with E-state index >= 15 is 0 Å². The van der Waals surface area contributed by atoms with E-state index < -0.39 is 0 Å². The van der Waals surface area contributed by atoms with Gasteiger partial charge in [0, 0.05) is 17.6 Å². The molecule has 0 bridgehead atoms. The summed E-state index contributed by atoms with van der Waals surface area (Å²) in [5, 5.41) is 0.470. The number of hydrogen-bond acceptors (Lipinski definition) is 3. The molecule has 1 aliphatic carbocycles. The van der Waals surface area contributed by atoms with E-state index in [1.54, 1.807) is 13.2 Å². The number of benzene rings is 2. The lowest BCUT2D eigenvalue weighted by atomic mass is 10.1. The lowest BCUT2D eigenvalue weighted by molar-refractivity contribution is 0.104. The minimum atomic E-state index is -0.00786. The van der Waals surface area contributed by atoms with Gasteiger partial charge in [-0.15, -0.1) is 0 Å². The number of carbonyl (C=O) groups is 1. The maximum absolute atomic E-state index is 12.5. The van der Waals surface area contributed by atoms with Gasteiger partial charge in [0.1, 0.15) is 0 Å². The predicted octanol–water partition coefficient (Wildman–Crippen LogP) is 4.96. The highest BCUT2D eigenvalue weighted by molar-refractivity contribution is 6.32. The van der Waals surface area contributed by atoms with E-state index in [4.69, 9.17) is 21.1 Å². The van der Waals surface area contributed by atoms with Crippen molar-refractivity contribution in [3.63, 3.8) is 0 Å². The summed E-state index contributed by atoms with van der Waals surface area (Å²) in [5.74, 6) is 1.16. The Hall–Kier alpha value is -2.26. The molecule has 3 nitrogen and oxygen atoms in total. The number of fused-ring (bicyclic) bond motifs is 1. The topological polar surface area (TPSA) is 35.5 Å². The fourth-order valence-corrected chi connectivity index (χ4v) is 3.11. The molecule has 0 aromatic heterocycles. The highest BCUT2D eigenvalue weighted by Gasteiger charge is 2.24. The van der Waals surface area contributed by atoms with Crippen LogP contribution in [0.3, 0.4) is 0 Å². The Bertz CT molecular complexity index is 822. The second-order valence-electron chi connectivity index (χ2n) is 6.03. The molecule has 4 heteroatoms. The Morgan fingerprint density at radius 2 is 1.96 bits per heavy atom. The lowest BCUT2D eigenvalue weighted by Gasteiger charge is -2.15. The van der Waals surface area contributed by atoms with E-state index in [0.717, 1.165) is 22.3 Å². The Morgan fingerprint density at radius 1 is 1.21 bits per heavy atom. The minimum absolute atomic E-state index is 0.00786. The molecule has 0 saturated carbocycles. The van der Waals surface area contributed by atoms with E-state index in [9.17, 15) is 4.79 Å². The van der Waals surface area contributed by atoms with Crippen LogP contribution in [0.2, 0.25) is 5.02 Å². The van der Waals surface area contributed by atoms with Crippen molar-refractivity contribution in [2.45, 2.75) is 26.4 Å². The van der Waals surface area contributed by atoms with Crippen molar-refractivity contribution in [1.29, 1.82) is 0 Å². The third kappa shape index (κ3) is 3.17. The number of ether oxygens (including phenoxy) is 2. The standard InChI is InChI=1S/C20H19ClO3/c1-12(2)24-20-17(21)9-13(10-18(20)23-3)8-15-11-14-6-4-5-7-16(14)19(15)22/h4-10,12H,11H2,1-3H3/b15-8+. The van der Waals surface area contributed by atoms with Gasteiger partial charge in [0.2, 0.25) is 0 Å². The zero-order valence-corrected chi connectivity index (χ0v) is 14.7. The molecule has 0 radical (unpaired) electrons. The smallest absolute Gasteiger partial charge is 0.189 e. The summed E-state index contributed by atoms with van der Waals surface area (Å²) < 4.78 is 11.1. The van der Waals surface area contributed by atoms with Gasteiger partial charge in [-0.2, -0.15) is 0 Å². The molecule has 0 saturated heterocycles. The van der Waals surface area contributed by atoms with Crippen LogP contribution in [0, 0.1) is 0 Å². The van der Waals surface area contributed by atoms with Crippen LogP contribution in [0.1, 0.15) is 35.3 Å². The zero-order valence-electron chi connectivity index (χ0n) is 13.9. The van der Waals surface area contributed by atoms with Gasteiger partial charge >= 0.3 is 0 Å². The van der Waals surface area contributed by atoms with E-state index in [1.165, 1.54) is 0 Å². The van der Waals surface area contributed by atoms with Gasteiger partial charge in [0.25, 0.3) is 0 Å². The summed E-state index contributed by atoms with van der Waals surface area (Å²) in [5.41, 5.74) is 3.42. The molecule has 0 heterocycles. The fraction of sp³-hybridized carbons (Fsp3) is 0.250. The molecule has 3 rings (SSSR count). The Morgan fingerprint density at radius 3 is 2.62 bits per heavy atom. The zero-order chi connectivity index (χ0) is 17.3. The van der Waals surface area contributed by atoms with Crippen LogP contribution in [0.4, 0.5) is 0 Å². The number of allylic oxidation sites excluding steroid dienone is 1. The molecule has 0 amide bonds. The van der Waals surface area contributed by atoms with Crippen molar-refractivity contribution < 1.29 is 14.3 Å². The first kappa shape index (κ1) is 16.6. The molecule has 0 aliphatic heterocycles. The highest BCUT2D eigenvalue weighted by Crippen LogP contribution is 2.38. The van der Waals surface area contributed by atoms with Gasteiger partial charge in [-0.05, 0) is 43.2 Å². The minimum Gasteiger partial charge on any atom is -0.493 e. The van der Waals surface area contributed by atoms with Crippen LogP contribution < -0.4 is 9.47 Å². The number of halogens is 1. The normalized spacial score (nSPS) is 15.0. The Labute approximate surface area is 146 Å². The van der Waals surface area contributed by atoms with Crippen molar-refractivity contribution in [2.24, 2.45) is 0 Å². The molecule has 124 valence electrons. The van der Waals surface area contributed by atoms with E-state index in [1.807, 2.05) is 50.3 Å². The van der Waals surface area contributed by atoms with Gasteiger partial charge in [0.05, 0.1) is 18.2 Å². The molecule has 2 aromatic carbocycles. The molecular formula is C20H19ClO3. The molecule has 0 atom stereocenters. The Kier molecular flexibility index (Phi) is 4.63. The first-order chi connectivity index (χ1) is 11.5. The van der Waals surface area contributed by atoms with Crippen molar-refractivity contribution in [1.82, 2.24) is 0 Å². The maximum Gasteiger partial charge on any atom is 0.189 e. The quantitative estimate of drug-likeness (QED) is 0.737. The summed E-state index contributed by atoms with van der Waals surface area (Å²) in [4.78, 5) is 12.5. The third-order valence-corrected chi connectivity index (χ3v) is 4.16. The highest BCUT2D eigenvalue weighted by atomic mass is 35.5. The number of rotatable bonds is 4. The lowest BCUT2D eigenvalue weighted by Crippen LogP contribution is -2.07. The molecule has 0 N–H and O–H groups in total. The fourth-order valence-electron chi connectivity index (χ4n) is 2.85. The molecule has 1 aliphatic rings. The van der Waals surface area contributed by atoms with Crippen molar-refractivity contribution in [2.75, 3.05) is 7.11 Å². The van der Waals surface area contributed by atoms with E-state index in [-0.39, 0.29) is 11.9 Å². The SMILES string of the molecule is COc1cc(/C=C2\Cc3ccccc3C2=O)cc(Cl)c1OC(C)C. The van der Waals surface area contributed by atoms with Crippen LogP contribution >= 0.6 is 11.6 Å². The molecule has 0 spiro atoms. The van der Waals surface area contributed by atoms with Crippen LogP contribution in [-0.2, 0) is 6.42 Å². The second kappa shape index (κ2) is 6.70. The van der Waals surface area contributed by atoms with Gasteiger partial charge in [-0.3, -0.25) is 4.79 Å². The summed E-state index contributed by atoms with van der Waals surface area (Å²) in [6, 6.07) is 11.3. The first-order valence-corrected chi connectivity index (χ1v) is 8.24.